The average Bonchev–Trinajstić information content (AvgIpc) is 3.63. The van der Waals surface area contributed by atoms with Crippen molar-refractivity contribution in [1.82, 2.24) is 10.3 Å². The molecule has 1 unspecified atom stereocenters. The van der Waals surface area contributed by atoms with Crippen molar-refractivity contribution >= 4 is 69.3 Å². The Kier molecular flexibility index (Phi) is 11.6. The van der Waals surface area contributed by atoms with Crippen LogP contribution in [0.2, 0.25) is 5.02 Å². The van der Waals surface area contributed by atoms with Crippen LogP contribution in [0.25, 0.3) is 17.3 Å². The molecule has 0 bridgehead atoms. The number of nitrogens with zero attached hydrogens (tertiary/aromatic N) is 1. The Labute approximate surface area is 308 Å². The van der Waals surface area contributed by atoms with Crippen LogP contribution in [0, 0.1) is 0 Å². The van der Waals surface area contributed by atoms with E-state index in [0.29, 0.717) is 27.0 Å². The number of thiazole rings is 1. The number of anilines is 2. The van der Waals surface area contributed by atoms with Gasteiger partial charge in [0, 0.05) is 32.1 Å². The number of rotatable bonds is 12. The first-order valence-electron chi connectivity index (χ1n) is 15.7. The Morgan fingerprint density at radius 1 is 0.824 bits per heavy atom. The first kappa shape index (κ1) is 35.2. The van der Waals surface area contributed by atoms with E-state index >= 15 is 0 Å². The van der Waals surface area contributed by atoms with E-state index in [1.165, 1.54) is 23.1 Å². The molecule has 3 amide bonds. The van der Waals surface area contributed by atoms with Crippen molar-refractivity contribution in [3.8, 4) is 17.0 Å². The average molecular weight is 731 g/mol. The molecule has 0 saturated heterocycles. The smallest absolute Gasteiger partial charge is 0.272 e. The van der Waals surface area contributed by atoms with E-state index in [-0.39, 0.29) is 11.6 Å². The van der Waals surface area contributed by atoms with Crippen molar-refractivity contribution < 1.29 is 19.1 Å². The number of hydrogen-bond acceptors (Lipinski definition) is 7. The van der Waals surface area contributed by atoms with Gasteiger partial charge in [-0.15, -0.1) is 23.1 Å². The Balaban J connectivity index is 1.21. The largest absolute Gasteiger partial charge is 0.497 e. The molecule has 5 aromatic carbocycles. The maximum absolute atomic E-state index is 13.8. The van der Waals surface area contributed by atoms with Gasteiger partial charge in [0.05, 0.1) is 12.8 Å². The van der Waals surface area contributed by atoms with Gasteiger partial charge in [0.1, 0.15) is 16.7 Å². The lowest BCUT2D eigenvalue weighted by atomic mass is 10.1. The van der Waals surface area contributed by atoms with Gasteiger partial charge in [-0.3, -0.25) is 14.4 Å². The lowest BCUT2D eigenvalue weighted by Crippen LogP contribution is -2.30. The number of nitrogens with one attached hydrogen (secondary N) is 3. The molecule has 0 aliphatic heterocycles. The van der Waals surface area contributed by atoms with Crippen LogP contribution in [0.5, 0.6) is 5.75 Å². The molecule has 0 fully saturated rings. The number of hydrogen-bond donors (Lipinski definition) is 3. The van der Waals surface area contributed by atoms with Gasteiger partial charge in [0.25, 0.3) is 11.8 Å². The SMILES string of the molecule is COc1cccc(-c2csc(NC(=O)C(Sc3cccc(NC(=O)/C(=C/c4cccc(Cl)c4)NC(=O)c4ccccc4)c3)c3ccccc3)n2)c1. The number of ether oxygens (including phenoxy) is 1. The van der Waals surface area contributed by atoms with E-state index in [1.54, 1.807) is 79.9 Å². The van der Waals surface area contributed by atoms with Gasteiger partial charge in [-0.1, -0.05) is 90.5 Å². The Bertz CT molecular complexity index is 2190. The predicted octanol–water partition coefficient (Wildman–Crippen LogP) is 9.35. The molecular formula is C40H31ClN4O4S2. The minimum atomic E-state index is -0.634. The molecule has 0 saturated carbocycles. The summed E-state index contributed by atoms with van der Waals surface area (Å²) in [7, 11) is 1.61. The topological polar surface area (TPSA) is 109 Å². The third kappa shape index (κ3) is 9.52. The monoisotopic (exact) mass is 730 g/mol. The van der Waals surface area contributed by atoms with E-state index in [1.807, 2.05) is 72.1 Å². The second-order valence-corrected chi connectivity index (χ2v) is 13.6. The number of carbonyl (C=O) groups is 3. The fourth-order valence-electron chi connectivity index (χ4n) is 5.00. The molecule has 3 N–H and O–H groups in total. The van der Waals surface area contributed by atoms with Crippen LogP contribution in [0.4, 0.5) is 10.8 Å². The highest BCUT2D eigenvalue weighted by atomic mass is 35.5. The zero-order chi connectivity index (χ0) is 35.6. The van der Waals surface area contributed by atoms with Crippen LogP contribution in [0.15, 0.2) is 149 Å². The summed E-state index contributed by atoms with van der Waals surface area (Å²) in [5, 5.41) is 10.8. The lowest BCUT2D eigenvalue weighted by Gasteiger charge is -2.17. The summed E-state index contributed by atoms with van der Waals surface area (Å²) in [5.41, 5.74) is 3.95. The summed E-state index contributed by atoms with van der Waals surface area (Å²) < 4.78 is 5.34. The second-order valence-electron chi connectivity index (χ2n) is 11.1. The van der Waals surface area contributed by atoms with Gasteiger partial charge >= 0.3 is 0 Å². The zero-order valence-electron chi connectivity index (χ0n) is 27.2. The highest BCUT2D eigenvalue weighted by molar-refractivity contribution is 8.00. The van der Waals surface area contributed by atoms with Crippen LogP contribution in [0.3, 0.4) is 0 Å². The number of carbonyl (C=O) groups excluding carboxylic acids is 3. The third-order valence-electron chi connectivity index (χ3n) is 7.47. The van der Waals surface area contributed by atoms with E-state index in [4.69, 9.17) is 16.3 Å². The Morgan fingerprint density at radius 3 is 2.33 bits per heavy atom. The van der Waals surface area contributed by atoms with Gasteiger partial charge in [-0.05, 0) is 71.8 Å². The van der Waals surface area contributed by atoms with E-state index in [2.05, 4.69) is 20.9 Å². The highest BCUT2D eigenvalue weighted by Gasteiger charge is 2.24. The molecule has 254 valence electrons. The maximum Gasteiger partial charge on any atom is 0.272 e. The maximum atomic E-state index is 13.8. The molecule has 51 heavy (non-hydrogen) atoms. The summed E-state index contributed by atoms with van der Waals surface area (Å²) in [6.45, 7) is 0. The van der Waals surface area contributed by atoms with Crippen molar-refractivity contribution in [2.24, 2.45) is 0 Å². The first-order chi connectivity index (χ1) is 24.8. The summed E-state index contributed by atoms with van der Waals surface area (Å²) in [4.78, 5) is 45.9. The number of amides is 3. The second kappa shape index (κ2) is 16.8. The molecular weight excluding hydrogens is 700 g/mol. The van der Waals surface area contributed by atoms with Gasteiger partial charge in [-0.2, -0.15) is 0 Å². The van der Waals surface area contributed by atoms with Crippen molar-refractivity contribution in [2.45, 2.75) is 10.1 Å². The molecule has 0 spiro atoms. The minimum Gasteiger partial charge on any atom is -0.497 e. The number of benzene rings is 5. The molecule has 1 heterocycles. The number of aromatic nitrogens is 1. The Hall–Kier alpha value is -5.68. The van der Waals surface area contributed by atoms with Crippen LogP contribution < -0.4 is 20.7 Å². The quantitative estimate of drug-likeness (QED) is 0.0856. The third-order valence-corrected chi connectivity index (χ3v) is 9.72. The van der Waals surface area contributed by atoms with Crippen LogP contribution >= 0.6 is 34.7 Å². The molecule has 1 atom stereocenters. The summed E-state index contributed by atoms with van der Waals surface area (Å²) >= 11 is 8.87. The van der Waals surface area contributed by atoms with Gasteiger partial charge in [0.2, 0.25) is 5.91 Å². The molecule has 0 radical (unpaired) electrons. The number of thioether (sulfide) groups is 1. The molecule has 6 rings (SSSR count). The van der Waals surface area contributed by atoms with Crippen LogP contribution in [0.1, 0.15) is 26.7 Å². The van der Waals surface area contributed by atoms with Crippen molar-refractivity contribution in [3.63, 3.8) is 0 Å². The molecule has 0 aliphatic carbocycles. The fourth-order valence-corrected chi connectivity index (χ4v) is 7.01. The highest BCUT2D eigenvalue weighted by Crippen LogP contribution is 2.38. The normalized spacial score (nSPS) is 11.7. The van der Waals surface area contributed by atoms with Crippen LogP contribution in [-0.4, -0.2) is 29.8 Å². The number of methoxy groups -OCH3 is 1. The van der Waals surface area contributed by atoms with E-state index < -0.39 is 17.1 Å². The first-order valence-corrected chi connectivity index (χ1v) is 17.9. The van der Waals surface area contributed by atoms with Crippen molar-refractivity contribution in [2.75, 3.05) is 17.7 Å². The van der Waals surface area contributed by atoms with Crippen LogP contribution in [-0.2, 0) is 9.59 Å². The standard InChI is InChI=1S/C40H31ClN4O4S2/c1-49-32-19-9-16-29(23-32)35-25-50-40(44-35)45-39(48)36(27-12-4-2-5-13-27)51-33-20-10-18-31(24-33)42-38(47)34(22-26-11-8-17-30(41)21-26)43-37(46)28-14-6-3-7-15-28/h2-25,36H,1H3,(H,42,47)(H,43,46)(H,44,45,48)/b34-22-. The summed E-state index contributed by atoms with van der Waals surface area (Å²) in [6, 6.07) is 39.8. The Morgan fingerprint density at radius 2 is 1.57 bits per heavy atom. The van der Waals surface area contributed by atoms with E-state index in [0.717, 1.165) is 27.5 Å². The van der Waals surface area contributed by atoms with Gasteiger partial charge < -0.3 is 20.7 Å². The van der Waals surface area contributed by atoms with Crippen molar-refractivity contribution in [3.05, 3.63) is 166 Å². The lowest BCUT2D eigenvalue weighted by molar-refractivity contribution is -0.116. The molecule has 1 aromatic heterocycles. The molecule has 8 nitrogen and oxygen atoms in total. The van der Waals surface area contributed by atoms with Gasteiger partial charge in [-0.25, -0.2) is 4.98 Å². The zero-order valence-corrected chi connectivity index (χ0v) is 29.6. The fraction of sp³-hybridized carbons (Fsp3) is 0.0500. The minimum absolute atomic E-state index is 0.0301. The number of halogens is 1. The molecule has 11 heteroatoms. The molecule has 0 aliphatic rings. The van der Waals surface area contributed by atoms with Gasteiger partial charge in [0.15, 0.2) is 5.13 Å². The van der Waals surface area contributed by atoms with E-state index in [9.17, 15) is 14.4 Å². The predicted molar refractivity (Wildman–Crippen MR) is 206 cm³/mol. The van der Waals surface area contributed by atoms with Crippen molar-refractivity contribution in [1.29, 1.82) is 0 Å². The molecule has 6 aromatic rings. The summed E-state index contributed by atoms with van der Waals surface area (Å²) in [5.74, 6) is -0.497. The summed E-state index contributed by atoms with van der Waals surface area (Å²) in [6.07, 6.45) is 1.56.